The lowest BCUT2D eigenvalue weighted by Gasteiger charge is -2.17. The van der Waals surface area contributed by atoms with Gasteiger partial charge in [-0.1, -0.05) is 66.2 Å². The van der Waals surface area contributed by atoms with E-state index < -0.39 is 10.2 Å². The summed E-state index contributed by atoms with van der Waals surface area (Å²) in [6.07, 6.45) is 9.41. The number of benzene rings is 2. The van der Waals surface area contributed by atoms with Gasteiger partial charge in [-0.2, -0.15) is 9.13 Å². The Bertz CT molecular complexity index is 1010. The van der Waals surface area contributed by atoms with Crippen molar-refractivity contribution in [1.82, 2.24) is 0 Å². The Kier molecular flexibility index (Phi) is 9.80. The Morgan fingerprint density at radius 1 is 0.562 bits per heavy atom. The summed E-state index contributed by atoms with van der Waals surface area (Å²) < 4.78 is 41.6. The number of unbranched alkanes of at least 4 members (excludes halogenated alkanes) is 6. The number of fused-ring (bicyclic) bond motifs is 2. The number of aryl methyl sites for hydroxylation is 2. The summed E-state index contributed by atoms with van der Waals surface area (Å²) in [5.74, 6) is 0. The summed E-state index contributed by atoms with van der Waals surface area (Å²) in [6, 6.07) is 17.4. The molecule has 172 valence electrons. The van der Waals surface area contributed by atoms with E-state index in [0.29, 0.717) is 0 Å². The summed E-state index contributed by atoms with van der Waals surface area (Å²) in [5, 5.41) is 0. The minimum Gasteiger partial charge on any atom is -0.222 e. The van der Waals surface area contributed by atoms with E-state index in [1.807, 2.05) is 22.7 Å². The second kappa shape index (κ2) is 12.6. The third-order valence-corrected chi connectivity index (χ3v) is 7.18. The molecule has 4 aromatic rings. The average Bonchev–Trinajstić information content (AvgIpc) is 3.36. The van der Waals surface area contributed by atoms with Crippen LogP contribution < -0.4 is 27.8 Å². The molecule has 0 radical (unpaired) electrons. The van der Waals surface area contributed by atoms with Crippen LogP contribution in [0, 0.1) is 10.2 Å². The lowest BCUT2D eigenvalue weighted by atomic mass is 10.1. The number of halogens is 1. The number of hydrogen-bond donors (Lipinski definition) is 0. The molecule has 0 saturated carbocycles. The highest BCUT2D eigenvalue weighted by atomic mass is 35.7. The predicted octanol–water partition coefficient (Wildman–Crippen LogP) is 1.37. The highest BCUT2D eigenvalue weighted by molar-refractivity contribution is 7.16. The van der Waals surface area contributed by atoms with Crippen molar-refractivity contribution in [3.63, 3.8) is 0 Å². The van der Waals surface area contributed by atoms with Crippen LogP contribution in [-0.2, 0) is 13.1 Å². The number of nitrogens with zero attached hydrogens (tertiary/aromatic N) is 2. The van der Waals surface area contributed by atoms with E-state index in [2.05, 4.69) is 68.7 Å². The van der Waals surface area contributed by atoms with Crippen LogP contribution in [0.4, 0.5) is 0 Å². The molecule has 0 aliphatic rings. The normalized spacial score (nSPS) is 11.6. The molecule has 0 aliphatic heterocycles. The molecule has 32 heavy (non-hydrogen) atoms. The second-order valence-electron chi connectivity index (χ2n) is 7.62. The third-order valence-electron chi connectivity index (χ3n) is 5.26. The summed E-state index contributed by atoms with van der Waals surface area (Å²) in [5.41, 5.74) is 7.33. The second-order valence-corrected chi connectivity index (χ2v) is 10.2. The van der Waals surface area contributed by atoms with Crippen molar-refractivity contribution in [2.45, 2.75) is 58.0 Å². The van der Waals surface area contributed by atoms with E-state index in [0.717, 1.165) is 13.1 Å². The number of para-hydroxylation sites is 2. The van der Waals surface area contributed by atoms with Crippen LogP contribution >= 0.6 is 22.7 Å². The van der Waals surface area contributed by atoms with Crippen molar-refractivity contribution in [1.29, 1.82) is 0 Å². The van der Waals surface area contributed by atoms with Gasteiger partial charge in [0.1, 0.15) is 22.5 Å². The van der Waals surface area contributed by atoms with E-state index in [4.69, 9.17) is 18.6 Å². The number of hydrogen-bond acceptors (Lipinski definition) is 6. The lowest BCUT2D eigenvalue weighted by molar-refractivity contribution is -2.00. The SMILES string of the molecule is [O-][Cl+3]([O-])([O-])[O-].c1ccc2c(c1)sc[n+]2CCCCCCCCC[n+]1csc2ccccc21. The van der Waals surface area contributed by atoms with E-state index >= 15 is 0 Å². The zero-order valence-corrected chi connectivity index (χ0v) is 20.2. The van der Waals surface area contributed by atoms with Gasteiger partial charge in [-0.15, -0.1) is 10.2 Å². The molecule has 0 atom stereocenters. The molecular formula is C23H28ClN2O4S2+. The Labute approximate surface area is 198 Å². The molecule has 0 aliphatic carbocycles. The van der Waals surface area contributed by atoms with Gasteiger partial charge >= 0.3 is 0 Å². The molecule has 0 amide bonds. The monoisotopic (exact) mass is 495 g/mol. The molecule has 0 unspecified atom stereocenters. The van der Waals surface area contributed by atoms with Crippen molar-refractivity contribution >= 4 is 43.1 Å². The smallest absolute Gasteiger partial charge is 0.222 e. The molecular weight excluding hydrogens is 468 g/mol. The van der Waals surface area contributed by atoms with Crippen LogP contribution in [0.2, 0.25) is 0 Å². The largest absolute Gasteiger partial charge is 0.225 e. The number of aromatic nitrogens is 2. The molecule has 0 saturated heterocycles. The fourth-order valence-electron chi connectivity index (χ4n) is 3.74. The predicted molar refractivity (Wildman–Crippen MR) is 116 cm³/mol. The van der Waals surface area contributed by atoms with Crippen LogP contribution in [0.15, 0.2) is 59.6 Å². The third kappa shape index (κ3) is 8.37. The van der Waals surface area contributed by atoms with Gasteiger partial charge in [0.15, 0.2) is 0 Å². The molecule has 2 aromatic carbocycles. The molecule has 9 heteroatoms. The molecule has 0 fully saturated rings. The van der Waals surface area contributed by atoms with Crippen LogP contribution in [0.3, 0.4) is 0 Å². The van der Waals surface area contributed by atoms with Gasteiger partial charge in [-0.05, 0) is 25.0 Å². The van der Waals surface area contributed by atoms with E-state index in [9.17, 15) is 0 Å². The van der Waals surface area contributed by atoms with Gasteiger partial charge in [0.05, 0.1) is 0 Å². The van der Waals surface area contributed by atoms with Crippen molar-refractivity contribution in [3.8, 4) is 0 Å². The zero-order chi connectivity index (χ0) is 22.8. The van der Waals surface area contributed by atoms with Gasteiger partial charge in [0.25, 0.3) is 0 Å². The number of thiazole rings is 2. The standard InChI is InChI=1S/C23H28N2S2.ClHO4/c1(2-4-10-16-24-18-26-22-14-8-6-12-20(22)24)3-5-11-17-25-19-27-23-15-9-7-13-21(23)25;2-1(3,4)5/h6-9,12-15,18-19H,1-5,10-11,16-17H2;(H,2,3,4,5)/q+2;/p-1. The Hall–Kier alpha value is -1.65. The number of rotatable bonds is 10. The first-order chi connectivity index (χ1) is 15.4. The highest BCUT2D eigenvalue weighted by Crippen LogP contribution is 2.17. The van der Waals surface area contributed by atoms with Crippen LogP contribution in [0.5, 0.6) is 0 Å². The van der Waals surface area contributed by atoms with Crippen molar-refractivity contribution < 1.29 is 38.0 Å². The van der Waals surface area contributed by atoms with Gasteiger partial charge < -0.3 is 0 Å². The first-order valence-corrected chi connectivity index (χ1v) is 13.7. The average molecular weight is 496 g/mol. The van der Waals surface area contributed by atoms with Gasteiger partial charge in [-0.3, -0.25) is 0 Å². The minimum absolute atomic E-state index is 1.16. The Morgan fingerprint density at radius 3 is 1.31 bits per heavy atom. The van der Waals surface area contributed by atoms with Gasteiger partial charge in [0.2, 0.25) is 22.1 Å². The van der Waals surface area contributed by atoms with Crippen molar-refractivity contribution in [2.24, 2.45) is 0 Å². The van der Waals surface area contributed by atoms with Crippen molar-refractivity contribution in [3.05, 3.63) is 59.6 Å². The molecule has 0 N–H and O–H groups in total. The first kappa shape index (κ1) is 25.0. The van der Waals surface area contributed by atoms with Crippen LogP contribution in [0.1, 0.15) is 44.9 Å². The zero-order valence-electron chi connectivity index (χ0n) is 17.9. The molecule has 4 rings (SSSR count). The topological polar surface area (TPSA) is 100 Å². The summed E-state index contributed by atoms with van der Waals surface area (Å²) in [4.78, 5) is 0. The Morgan fingerprint density at radius 2 is 0.906 bits per heavy atom. The maximum absolute atomic E-state index is 8.49. The maximum atomic E-state index is 8.49. The van der Waals surface area contributed by atoms with Crippen LogP contribution in [-0.4, -0.2) is 0 Å². The van der Waals surface area contributed by atoms with E-state index in [1.165, 1.54) is 65.4 Å². The maximum Gasteiger partial charge on any atom is 0.225 e. The fraction of sp³-hybridized carbons (Fsp3) is 0.391. The van der Waals surface area contributed by atoms with Gasteiger partial charge in [-0.25, -0.2) is 18.6 Å². The lowest BCUT2D eigenvalue weighted by Crippen LogP contribution is -2.68. The fourth-order valence-corrected chi connectivity index (χ4v) is 5.58. The molecule has 6 nitrogen and oxygen atoms in total. The Balaban J connectivity index is 0.000000523. The first-order valence-electron chi connectivity index (χ1n) is 10.7. The van der Waals surface area contributed by atoms with E-state index in [-0.39, 0.29) is 0 Å². The van der Waals surface area contributed by atoms with Crippen LogP contribution in [0.25, 0.3) is 20.4 Å². The minimum atomic E-state index is -4.94. The molecule has 0 spiro atoms. The van der Waals surface area contributed by atoms with Gasteiger partial charge in [0, 0.05) is 25.0 Å². The molecule has 0 bridgehead atoms. The summed E-state index contributed by atoms with van der Waals surface area (Å²) in [7, 11) is -4.94. The van der Waals surface area contributed by atoms with E-state index in [1.54, 1.807) is 0 Å². The molecule has 2 heterocycles. The summed E-state index contributed by atoms with van der Waals surface area (Å²) >= 11 is 3.70. The summed E-state index contributed by atoms with van der Waals surface area (Å²) in [6.45, 7) is 2.32. The van der Waals surface area contributed by atoms with Crippen molar-refractivity contribution in [2.75, 3.05) is 0 Å². The highest BCUT2D eigenvalue weighted by Gasteiger charge is 2.11. The quantitative estimate of drug-likeness (QED) is 0.245. The molecule has 2 aromatic heterocycles.